The molecule has 5 atom stereocenters. The molecule has 1 aliphatic heterocycles. The van der Waals surface area contributed by atoms with E-state index in [1.165, 1.54) is 13.3 Å². The maximum absolute atomic E-state index is 15.3. The topological polar surface area (TPSA) is 137 Å². The lowest BCUT2D eigenvalue weighted by Crippen LogP contribution is -2.41. The number of rotatable bonds is 18. The SMILES string of the molecule is CCOP(OCC)C(F)(F)CCC1OC(n2ccc(=O)[nH]c2=O)C(OC)C1OP(OCCC#N)N(C(C)C)C(C)C. The fraction of sp³-hybridized carbons (Fsp3) is 0.800. The summed E-state index contributed by atoms with van der Waals surface area (Å²) in [6.45, 7) is 11.3. The van der Waals surface area contributed by atoms with E-state index in [-0.39, 0.29) is 44.7 Å². The van der Waals surface area contributed by atoms with Crippen molar-refractivity contribution >= 4 is 16.9 Å². The van der Waals surface area contributed by atoms with Crippen LogP contribution in [0.5, 0.6) is 0 Å². The van der Waals surface area contributed by atoms with Gasteiger partial charge >= 0.3 is 11.4 Å². The second-order valence-corrected chi connectivity index (χ2v) is 12.8. The summed E-state index contributed by atoms with van der Waals surface area (Å²) in [6, 6.07) is 3.15. The summed E-state index contributed by atoms with van der Waals surface area (Å²) < 4.78 is 68.5. The van der Waals surface area contributed by atoms with E-state index in [9.17, 15) is 9.59 Å². The van der Waals surface area contributed by atoms with Crippen LogP contribution < -0.4 is 11.2 Å². The quantitative estimate of drug-likeness (QED) is 0.178. The highest BCUT2D eigenvalue weighted by Crippen LogP contribution is 2.57. The van der Waals surface area contributed by atoms with E-state index >= 15 is 8.78 Å². The first kappa shape index (κ1) is 35.8. The molecular weight excluding hydrogens is 584 g/mol. The largest absolute Gasteiger partial charge is 0.374 e. The van der Waals surface area contributed by atoms with Gasteiger partial charge in [0.25, 0.3) is 14.1 Å². The van der Waals surface area contributed by atoms with Gasteiger partial charge in [0.1, 0.15) is 12.2 Å². The molecule has 0 bridgehead atoms. The summed E-state index contributed by atoms with van der Waals surface area (Å²) in [5.74, 6) is 0. The average molecular weight is 627 g/mol. The Bertz CT molecular complexity index is 1070. The van der Waals surface area contributed by atoms with Crippen molar-refractivity contribution in [3.8, 4) is 6.07 Å². The van der Waals surface area contributed by atoms with E-state index in [2.05, 4.69) is 4.98 Å². The lowest BCUT2D eigenvalue weighted by Gasteiger charge is -2.38. The monoisotopic (exact) mass is 626 g/mol. The van der Waals surface area contributed by atoms with Gasteiger partial charge < -0.3 is 27.6 Å². The molecule has 1 aromatic heterocycles. The highest BCUT2D eigenvalue weighted by molar-refractivity contribution is 7.48. The molecule has 0 aromatic carbocycles. The van der Waals surface area contributed by atoms with Gasteiger partial charge in [-0.15, -0.1) is 0 Å². The van der Waals surface area contributed by atoms with Crippen molar-refractivity contribution in [2.75, 3.05) is 26.9 Å². The molecule has 0 saturated carbocycles. The van der Waals surface area contributed by atoms with Gasteiger partial charge in [0, 0.05) is 37.9 Å². The Morgan fingerprint density at radius 1 is 1.15 bits per heavy atom. The predicted molar refractivity (Wildman–Crippen MR) is 150 cm³/mol. The van der Waals surface area contributed by atoms with Gasteiger partial charge in [-0.05, 0) is 48.0 Å². The standard InChI is InChI=1S/C25H42F2N4O8P2/c1-8-35-40(36-9-2)25(26,27)13-11-19-21(39-41(37-16-10-14-28)31(17(3)4)18(5)6)22(34-7)23(38-19)30-15-12-20(32)29-24(30)33/h12,15,17-19,21-23H,8-11,13,16H2,1-7H3,(H,29,32,33). The normalized spacial score (nSPS) is 22.2. The molecule has 1 fully saturated rings. The Kier molecular flexibility index (Phi) is 14.9. The first-order valence-corrected chi connectivity index (χ1v) is 15.9. The highest BCUT2D eigenvalue weighted by Gasteiger charge is 2.51. The summed E-state index contributed by atoms with van der Waals surface area (Å²) in [4.78, 5) is 26.5. The number of alkyl halides is 2. The minimum atomic E-state index is -3.29. The van der Waals surface area contributed by atoms with Crippen LogP contribution in [-0.2, 0) is 27.6 Å². The number of methoxy groups -OCH3 is 1. The molecule has 1 aliphatic rings. The molecule has 1 aromatic rings. The summed E-state index contributed by atoms with van der Waals surface area (Å²) >= 11 is 0. The van der Waals surface area contributed by atoms with Gasteiger partial charge in [-0.3, -0.25) is 14.3 Å². The molecule has 12 nitrogen and oxygen atoms in total. The average Bonchev–Trinajstić information content (AvgIpc) is 3.23. The number of nitrogens with one attached hydrogen (secondary N) is 1. The van der Waals surface area contributed by atoms with Gasteiger partial charge in [-0.2, -0.15) is 14.0 Å². The predicted octanol–water partition coefficient (Wildman–Crippen LogP) is 4.87. The Labute approximate surface area is 242 Å². The number of halogens is 2. The van der Waals surface area contributed by atoms with E-state index < -0.39 is 64.8 Å². The molecule has 41 heavy (non-hydrogen) atoms. The number of nitrogens with zero attached hydrogens (tertiary/aromatic N) is 3. The van der Waals surface area contributed by atoms with Crippen LogP contribution >= 0.6 is 16.9 Å². The van der Waals surface area contributed by atoms with E-state index in [0.717, 1.165) is 10.6 Å². The van der Waals surface area contributed by atoms with Crippen LogP contribution in [0.15, 0.2) is 21.9 Å². The fourth-order valence-electron chi connectivity index (χ4n) is 4.44. The highest BCUT2D eigenvalue weighted by atomic mass is 31.2. The maximum atomic E-state index is 15.3. The van der Waals surface area contributed by atoms with Crippen molar-refractivity contribution in [1.82, 2.24) is 14.2 Å². The molecule has 234 valence electrons. The molecule has 16 heteroatoms. The van der Waals surface area contributed by atoms with Crippen LogP contribution in [0.25, 0.3) is 0 Å². The molecule has 1 N–H and O–H groups in total. The fourth-order valence-corrected chi connectivity index (χ4v) is 7.44. The van der Waals surface area contributed by atoms with Crippen molar-refractivity contribution in [2.45, 2.75) is 103 Å². The Morgan fingerprint density at radius 3 is 2.29 bits per heavy atom. The summed E-state index contributed by atoms with van der Waals surface area (Å²) in [5.41, 5.74) is -4.63. The van der Waals surface area contributed by atoms with Crippen molar-refractivity contribution in [3.05, 3.63) is 33.1 Å². The van der Waals surface area contributed by atoms with Crippen LogP contribution in [0.2, 0.25) is 0 Å². The van der Waals surface area contributed by atoms with E-state index in [0.29, 0.717) is 0 Å². The molecule has 2 rings (SSSR count). The smallest absolute Gasteiger partial charge is 0.330 e. The van der Waals surface area contributed by atoms with Gasteiger partial charge in [-0.25, -0.2) is 9.46 Å². The second-order valence-electron chi connectivity index (χ2n) is 9.70. The number of ether oxygens (including phenoxy) is 2. The number of aromatic nitrogens is 2. The van der Waals surface area contributed by atoms with Crippen molar-refractivity contribution in [3.63, 3.8) is 0 Å². The zero-order valence-electron chi connectivity index (χ0n) is 24.6. The molecule has 2 heterocycles. The van der Waals surface area contributed by atoms with Gasteiger partial charge in [-0.1, -0.05) is 0 Å². The Balaban J connectivity index is 2.47. The van der Waals surface area contributed by atoms with Gasteiger partial charge in [0.15, 0.2) is 6.23 Å². The molecule has 5 unspecified atom stereocenters. The summed E-state index contributed by atoms with van der Waals surface area (Å²) in [6.07, 6.45) is -3.35. The first-order valence-electron chi connectivity index (χ1n) is 13.6. The summed E-state index contributed by atoms with van der Waals surface area (Å²) in [7, 11) is -2.89. The van der Waals surface area contributed by atoms with Crippen LogP contribution in [0.4, 0.5) is 8.78 Å². The molecule has 1 saturated heterocycles. The minimum absolute atomic E-state index is 0.0205. The third kappa shape index (κ3) is 9.82. The van der Waals surface area contributed by atoms with Crippen molar-refractivity contribution in [2.24, 2.45) is 0 Å². The van der Waals surface area contributed by atoms with Crippen molar-refractivity contribution < 1.29 is 36.3 Å². The molecule has 0 radical (unpaired) electrons. The van der Waals surface area contributed by atoms with E-state index in [1.54, 1.807) is 13.8 Å². The van der Waals surface area contributed by atoms with Crippen LogP contribution in [0, 0.1) is 11.3 Å². The zero-order chi connectivity index (χ0) is 30.7. The van der Waals surface area contributed by atoms with Crippen LogP contribution in [0.3, 0.4) is 0 Å². The molecular formula is C25H42F2N4O8P2. The number of hydrogen-bond donors (Lipinski definition) is 1. The molecule has 0 spiro atoms. The third-order valence-electron chi connectivity index (χ3n) is 6.05. The second kappa shape index (κ2) is 17.0. The van der Waals surface area contributed by atoms with Gasteiger partial charge in [0.05, 0.1) is 38.4 Å². The Morgan fingerprint density at radius 2 is 1.78 bits per heavy atom. The van der Waals surface area contributed by atoms with Crippen molar-refractivity contribution in [1.29, 1.82) is 5.26 Å². The number of hydrogen-bond acceptors (Lipinski definition) is 10. The molecule has 0 amide bonds. The lowest BCUT2D eigenvalue weighted by atomic mass is 10.1. The Hall–Kier alpha value is -1.39. The minimum Gasteiger partial charge on any atom is -0.374 e. The first-order chi connectivity index (χ1) is 19.4. The van der Waals surface area contributed by atoms with Crippen LogP contribution in [-0.4, -0.2) is 77.2 Å². The number of nitriles is 1. The lowest BCUT2D eigenvalue weighted by molar-refractivity contribution is -0.0588. The van der Waals surface area contributed by atoms with Crippen LogP contribution in [0.1, 0.15) is 67.0 Å². The zero-order valence-corrected chi connectivity index (χ0v) is 26.4. The third-order valence-corrected chi connectivity index (χ3v) is 9.92. The number of aromatic amines is 1. The van der Waals surface area contributed by atoms with E-state index in [1.807, 2.05) is 38.4 Å². The van der Waals surface area contributed by atoms with E-state index in [4.69, 9.17) is 32.8 Å². The number of H-pyrrole nitrogens is 1. The van der Waals surface area contributed by atoms with Gasteiger partial charge in [0.2, 0.25) is 8.38 Å². The maximum Gasteiger partial charge on any atom is 0.330 e. The summed E-state index contributed by atoms with van der Waals surface area (Å²) in [5, 5.41) is 9.05. The molecule has 0 aliphatic carbocycles.